The molecule has 0 radical (unpaired) electrons. The van der Waals surface area contributed by atoms with Crippen LogP contribution in [-0.4, -0.2) is 13.1 Å². The molecule has 0 aliphatic heterocycles. The first-order chi connectivity index (χ1) is 8.20. The van der Waals surface area contributed by atoms with Gasteiger partial charge in [0.05, 0.1) is 0 Å². The predicted molar refractivity (Wildman–Crippen MR) is 64.9 cm³/mol. The number of benzene rings is 1. The zero-order valence-electron chi connectivity index (χ0n) is 10.2. The minimum absolute atomic E-state index is 0.173. The molecule has 0 spiro atoms. The molecule has 1 atom stereocenters. The summed E-state index contributed by atoms with van der Waals surface area (Å²) in [4.78, 5) is 0. The van der Waals surface area contributed by atoms with E-state index in [4.69, 9.17) is 0 Å². The van der Waals surface area contributed by atoms with E-state index < -0.39 is 11.6 Å². The normalized spacial score (nSPS) is 17.8. The zero-order chi connectivity index (χ0) is 12.3. The summed E-state index contributed by atoms with van der Waals surface area (Å²) in [5.41, 5.74) is 0.214. The van der Waals surface area contributed by atoms with Crippen LogP contribution >= 0.6 is 0 Å². The lowest BCUT2D eigenvalue weighted by Crippen LogP contribution is -2.32. The van der Waals surface area contributed by atoms with Crippen molar-refractivity contribution in [2.45, 2.75) is 38.1 Å². The first kappa shape index (κ1) is 12.5. The van der Waals surface area contributed by atoms with Gasteiger partial charge in [-0.25, -0.2) is 8.78 Å². The second kappa shape index (κ2) is 5.58. The lowest BCUT2D eigenvalue weighted by atomic mass is 9.80. The molecule has 1 aromatic rings. The van der Waals surface area contributed by atoms with Crippen LogP contribution in [0.1, 0.15) is 31.2 Å². The first-order valence-corrected chi connectivity index (χ1v) is 6.31. The minimum Gasteiger partial charge on any atom is -0.317 e. The Morgan fingerprint density at radius 2 is 1.94 bits per heavy atom. The molecule has 17 heavy (non-hydrogen) atoms. The van der Waals surface area contributed by atoms with Crippen molar-refractivity contribution in [1.82, 2.24) is 5.32 Å². The summed E-state index contributed by atoms with van der Waals surface area (Å²) < 4.78 is 27.0. The van der Waals surface area contributed by atoms with Gasteiger partial charge in [0.2, 0.25) is 0 Å². The maximum atomic E-state index is 13.5. The number of rotatable bonds is 5. The molecule has 0 amide bonds. The summed E-state index contributed by atoms with van der Waals surface area (Å²) in [6, 6.07) is 4.24. The SMILES string of the molecule is CNC(Cc1c(F)cccc1F)CC1CCC1. The number of hydrogen-bond acceptors (Lipinski definition) is 1. The van der Waals surface area contributed by atoms with Gasteiger partial charge in [-0.05, 0) is 37.9 Å². The largest absolute Gasteiger partial charge is 0.317 e. The Bertz CT molecular complexity index is 354. The van der Waals surface area contributed by atoms with E-state index in [0.717, 1.165) is 12.3 Å². The van der Waals surface area contributed by atoms with Gasteiger partial charge in [-0.3, -0.25) is 0 Å². The highest BCUT2D eigenvalue weighted by Gasteiger charge is 2.23. The highest BCUT2D eigenvalue weighted by atomic mass is 19.1. The summed E-state index contributed by atoms with van der Waals surface area (Å²) >= 11 is 0. The van der Waals surface area contributed by atoms with Crippen LogP contribution in [0.5, 0.6) is 0 Å². The highest BCUT2D eigenvalue weighted by Crippen LogP contribution is 2.31. The van der Waals surface area contributed by atoms with E-state index in [-0.39, 0.29) is 11.6 Å². The fraction of sp³-hybridized carbons (Fsp3) is 0.571. The molecule has 0 bridgehead atoms. The zero-order valence-corrected chi connectivity index (χ0v) is 10.2. The molecule has 1 saturated carbocycles. The third kappa shape index (κ3) is 3.03. The molecule has 3 heteroatoms. The van der Waals surface area contributed by atoms with Gasteiger partial charge < -0.3 is 5.32 Å². The van der Waals surface area contributed by atoms with E-state index in [1.807, 2.05) is 7.05 Å². The third-order valence-corrected chi connectivity index (χ3v) is 3.76. The molecule has 1 aliphatic carbocycles. The van der Waals surface area contributed by atoms with E-state index in [9.17, 15) is 8.78 Å². The second-order valence-corrected chi connectivity index (χ2v) is 4.92. The molecule has 0 saturated heterocycles. The van der Waals surface area contributed by atoms with Crippen molar-refractivity contribution in [1.29, 1.82) is 0 Å². The summed E-state index contributed by atoms with van der Waals surface area (Å²) in [6.07, 6.45) is 5.28. The predicted octanol–water partition coefficient (Wildman–Crippen LogP) is 3.29. The quantitative estimate of drug-likeness (QED) is 0.831. The van der Waals surface area contributed by atoms with Gasteiger partial charge in [0, 0.05) is 11.6 Å². The van der Waals surface area contributed by atoms with Crippen LogP contribution in [0.2, 0.25) is 0 Å². The van der Waals surface area contributed by atoms with E-state index >= 15 is 0 Å². The lowest BCUT2D eigenvalue weighted by Gasteiger charge is -2.29. The molecule has 0 heterocycles. The molecule has 1 nitrogen and oxygen atoms in total. The molecule has 1 aromatic carbocycles. The van der Waals surface area contributed by atoms with Crippen molar-refractivity contribution in [3.8, 4) is 0 Å². The molecule has 1 N–H and O–H groups in total. The molecule has 1 fully saturated rings. The van der Waals surface area contributed by atoms with Gasteiger partial charge in [-0.2, -0.15) is 0 Å². The van der Waals surface area contributed by atoms with Gasteiger partial charge in [0.15, 0.2) is 0 Å². The summed E-state index contributed by atoms with van der Waals surface area (Å²) in [6.45, 7) is 0. The van der Waals surface area contributed by atoms with Gasteiger partial charge in [-0.15, -0.1) is 0 Å². The topological polar surface area (TPSA) is 12.0 Å². The average Bonchev–Trinajstić information content (AvgIpc) is 2.25. The Labute approximate surface area is 101 Å². The number of nitrogens with one attached hydrogen (secondary N) is 1. The van der Waals surface area contributed by atoms with Crippen molar-refractivity contribution >= 4 is 0 Å². The average molecular weight is 239 g/mol. The van der Waals surface area contributed by atoms with Crippen LogP contribution in [0.3, 0.4) is 0 Å². The summed E-state index contributed by atoms with van der Waals surface area (Å²) in [5, 5.41) is 3.17. The van der Waals surface area contributed by atoms with Crippen LogP contribution in [0.15, 0.2) is 18.2 Å². The monoisotopic (exact) mass is 239 g/mol. The van der Waals surface area contributed by atoms with Crippen molar-refractivity contribution in [2.75, 3.05) is 7.05 Å². The lowest BCUT2D eigenvalue weighted by molar-refractivity contribution is 0.262. The number of hydrogen-bond donors (Lipinski definition) is 1. The number of halogens is 2. The number of likely N-dealkylation sites (N-methyl/N-ethyl adjacent to an activating group) is 1. The molecule has 94 valence electrons. The molecule has 0 aromatic heterocycles. The molecular weight excluding hydrogens is 220 g/mol. The fourth-order valence-corrected chi connectivity index (χ4v) is 2.41. The van der Waals surface area contributed by atoms with Crippen molar-refractivity contribution in [3.05, 3.63) is 35.4 Å². The van der Waals surface area contributed by atoms with Crippen molar-refractivity contribution < 1.29 is 8.78 Å². The summed E-state index contributed by atoms with van der Waals surface area (Å²) in [7, 11) is 1.86. The standard InChI is InChI=1S/C14H19F2N/c1-17-11(8-10-4-2-5-10)9-12-13(15)6-3-7-14(12)16/h3,6-7,10-11,17H,2,4-5,8-9H2,1H3. The summed E-state index contributed by atoms with van der Waals surface area (Å²) in [5.74, 6) is -0.125. The van der Waals surface area contributed by atoms with Crippen LogP contribution < -0.4 is 5.32 Å². The van der Waals surface area contributed by atoms with E-state index in [1.54, 1.807) is 0 Å². The Morgan fingerprint density at radius 3 is 2.41 bits per heavy atom. The fourth-order valence-electron chi connectivity index (χ4n) is 2.41. The van der Waals surface area contributed by atoms with E-state index in [0.29, 0.717) is 6.42 Å². The van der Waals surface area contributed by atoms with E-state index in [2.05, 4.69) is 5.32 Å². The molecule has 1 aliphatic rings. The second-order valence-electron chi connectivity index (χ2n) is 4.92. The van der Waals surface area contributed by atoms with Gasteiger partial charge in [-0.1, -0.05) is 25.3 Å². The maximum absolute atomic E-state index is 13.5. The van der Waals surface area contributed by atoms with Gasteiger partial charge in [0.25, 0.3) is 0 Å². The van der Waals surface area contributed by atoms with Crippen LogP contribution in [0, 0.1) is 17.6 Å². The molecular formula is C14H19F2N. The minimum atomic E-state index is -0.432. The highest BCUT2D eigenvalue weighted by molar-refractivity contribution is 5.20. The van der Waals surface area contributed by atoms with Gasteiger partial charge in [0.1, 0.15) is 11.6 Å². The Hall–Kier alpha value is -0.960. The Balaban J connectivity index is 2.01. The van der Waals surface area contributed by atoms with Crippen LogP contribution in [-0.2, 0) is 6.42 Å². The van der Waals surface area contributed by atoms with E-state index in [1.165, 1.54) is 37.5 Å². The first-order valence-electron chi connectivity index (χ1n) is 6.31. The van der Waals surface area contributed by atoms with Crippen molar-refractivity contribution in [2.24, 2.45) is 5.92 Å². The molecule has 2 rings (SSSR count). The third-order valence-electron chi connectivity index (χ3n) is 3.76. The van der Waals surface area contributed by atoms with Crippen LogP contribution in [0.25, 0.3) is 0 Å². The Kier molecular flexibility index (Phi) is 4.11. The Morgan fingerprint density at radius 1 is 1.29 bits per heavy atom. The van der Waals surface area contributed by atoms with Crippen LogP contribution in [0.4, 0.5) is 8.78 Å². The maximum Gasteiger partial charge on any atom is 0.129 e. The van der Waals surface area contributed by atoms with Crippen molar-refractivity contribution in [3.63, 3.8) is 0 Å². The molecule has 1 unspecified atom stereocenters. The van der Waals surface area contributed by atoms with Gasteiger partial charge >= 0.3 is 0 Å². The smallest absolute Gasteiger partial charge is 0.129 e.